The highest BCUT2D eigenvalue weighted by molar-refractivity contribution is 7.87. The van der Waals surface area contributed by atoms with Crippen LogP contribution in [0.3, 0.4) is 0 Å². The van der Waals surface area contributed by atoms with Gasteiger partial charge < -0.3 is 18.9 Å². The van der Waals surface area contributed by atoms with Gasteiger partial charge in [-0.15, -0.1) is 0 Å². The van der Waals surface area contributed by atoms with Crippen molar-refractivity contribution in [2.75, 3.05) is 13.2 Å². The van der Waals surface area contributed by atoms with Crippen molar-refractivity contribution in [3.05, 3.63) is 59.7 Å². The summed E-state index contributed by atoms with van der Waals surface area (Å²) in [5.74, 6) is -2.54. The Balaban J connectivity index is 2.01. The molecule has 1 saturated heterocycles. The second-order valence-corrected chi connectivity index (χ2v) is 12.7. The van der Waals surface area contributed by atoms with Crippen LogP contribution in [0.1, 0.15) is 31.9 Å². The molecule has 230 valence electrons. The lowest BCUT2D eigenvalue weighted by molar-refractivity contribution is -0.245. The molecule has 0 aromatic heterocycles. The Hall–Kier alpha value is -3.37. The van der Waals surface area contributed by atoms with Gasteiger partial charge in [0, 0.05) is 20.8 Å². The van der Waals surface area contributed by atoms with Crippen LogP contribution in [-0.4, -0.2) is 78.5 Å². The topological polar surface area (TPSA) is 175 Å². The maximum absolute atomic E-state index is 13.2. The Morgan fingerprint density at radius 3 is 1.57 bits per heavy atom. The lowest BCUT2D eigenvalue weighted by atomic mass is 9.95. The minimum atomic E-state index is -4.54. The fraction of sp³-hybridized carbons (Fsp3) is 0.444. The van der Waals surface area contributed by atoms with Crippen LogP contribution >= 0.6 is 0 Å². The molecule has 0 spiro atoms. The molecule has 1 heterocycles. The average Bonchev–Trinajstić information content (AvgIpc) is 2.89. The van der Waals surface area contributed by atoms with E-state index < -0.39 is 81.9 Å². The number of esters is 3. The molecule has 2 aromatic carbocycles. The molecule has 0 N–H and O–H groups in total. The van der Waals surface area contributed by atoms with Crippen LogP contribution in [0.25, 0.3) is 0 Å². The fourth-order valence-corrected chi connectivity index (χ4v) is 6.10. The molecule has 13 nitrogen and oxygen atoms in total. The number of aryl methyl sites for hydroxylation is 2. The third-order valence-corrected chi connectivity index (χ3v) is 8.65. The van der Waals surface area contributed by atoms with Gasteiger partial charge in [-0.2, -0.15) is 16.8 Å². The molecular weight excluding hydrogens is 596 g/mol. The predicted molar refractivity (Wildman–Crippen MR) is 144 cm³/mol. The number of carbonyl (C=O) groups excluding carboxylic acids is 3. The van der Waals surface area contributed by atoms with Crippen molar-refractivity contribution >= 4 is 38.1 Å². The number of rotatable bonds is 11. The van der Waals surface area contributed by atoms with Gasteiger partial charge in [0.05, 0.1) is 16.4 Å². The molecule has 1 aliphatic rings. The first-order chi connectivity index (χ1) is 19.6. The standard InChI is InChI=1S/C27H32O13S2/c1-16-6-10-21(11-7-16)41(31,32)36-15-24-25(37-19(4)29)27(38-20(5)30)26(23(39-24)14-35-18(3)28)40-42(33,34)22-12-8-17(2)9-13-22/h6-13,23-27H,14-15H2,1-5H3/t23?,24-,25-,26+,27+/m1/s1. The van der Waals surface area contributed by atoms with Gasteiger partial charge in [0.15, 0.2) is 12.2 Å². The summed E-state index contributed by atoms with van der Waals surface area (Å²) in [5, 5.41) is 0. The van der Waals surface area contributed by atoms with E-state index in [1.807, 2.05) is 0 Å². The van der Waals surface area contributed by atoms with E-state index >= 15 is 0 Å². The summed E-state index contributed by atoms with van der Waals surface area (Å²) >= 11 is 0. The van der Waals surface area contributed by atoms with E-state index in [9.17, 15) is 31.2 Å². The molecular formula is C27H32O13S2. The summed E-state index contributed by atoms with van der Waals surface area (Å²) in [6, 6.07) is 11.5. The number of ether oxygens (including phenoxy) is 4. The van der Waals surface area contributed by atoms with E-state index in [-0.39, 0.29) is 9.79 Å². The summed E-state index contributed by atoms with van der Waals surface area (Å²) in [4.78, 5) is 35.5. The normalized spacial score (nSPS) is 22.6. The fourth-order valence-electron chi connectivity index (χ4n) is 4.07. The van der Waals surface area contributed by atoms with E-state index in [4.69, 9.17) is 27.3 Å². The SMILES string of the molecule is CC(=O)OCC1O[C@H](COS(=O)(=O)c2ccc(C)cc2)[C@@H](OC(C)=O)[C@H](OC(C)=O)[C@H]1OS(=O)(=O)c1ccc(C)cc1. The minimum absolute atomic E-state index is 0.161. The van der Waals surface area contributed by atoms with Gasteiger partial charge in [-0.1, -0.05) is 35.4 Å². The Kier molecular flexibility index (Phi) is 10.8. The van der Waals surface area contributed by atoms with Gasteiger partial charge in [0.1, 0.15) is 24.9 Å². The first-order valence-electron chi connectivity index (χ1n) is 12.7. The zero-order valence-electron chi connectivity index (χ0n) is 23.5. The highest BCUT2D eigenvalue weighted by Gasteiger charge is 2.53. The first-order valence-corrected chi connectivity index (χ1v) is 15.5. The molecule has 2 aromatic rings. The number of carbonyl (C=O) groups is 3. The molecule has 0 saturated carbocycles. The van der Waals surface area contributed by atoms with Crippen molar-refractivity contribution in [2.24, 2.45) is 0 Å². The van der Waals surface area contributed by atoms with Gasteiger partial charge >= 0.3 is 17.9 Å². The second-order valence-electron chi connectivity index (χ2n) is 9.54. The van der Waals surface area contributed by atoms with Crippen molar-refractivity contribution < 1.29 is 58.5 Å². The van der Waals surface area contributed by atoms with Crippen LogP contribution in [0.15, 0.2) is 58.3 Å². The molecule has 3 rings (SSSR count). The second kappa shape index (κ2) is 13.7. The van der Waals surface area contributed by atoms with Gasteiger partial charge in [-0.05, 0) is 38.1 Å². The summed E-state index contributed by atoms with van der Waals surface area (Å²) in [7, 11) is -8.88. The number of hydrogen-bond donors (Lipinski definition) is 0. The molecule has 1 aliphatic heterocycles. The van der Waals surface area contributed by atoms with Gasteiger partial charge in [0.25, 0.3) is 20.2 Å². The highest BCUT2D eigenvalue weighted by Crippen LogP contribution is 2.32. The smallest absolute Gasteiger partial charge is 0.303 e. The zero-order valence-corrected chi connectivity index (χ0v) is 25.2. The van der Waals surface area contributed by atoms with Crippen LogP contribution < -0.4 is 0 Å². The number of benzene rings is 2. The van der Waals surface area contributed by atoms with Crippen LogP contribution in [0, 0.1) is 13.8 Å². The highest BCUT2D eigenvalue weighted by atomic mass is 32.2. The monoisotopic (exact) mass is 628 g/mol. The van der Waals surface area contributed by atoms with E-state index in [0.29, 0.717) is 0 Å². The quantitative estimate of drug-likeness (QED) is 0.201. The van der Waals surface area contributed by atoms with Crippen molar-refractivity contribution in [1.29, 1.82) is 0 Å². The summed E-state index contributed by atoms with van der Waals surface area (Å²) in [6.07, 6.45) is -7.83. The van der Waals surface area contributed by atoms with Crippen molar-refractivity contribution in [1.82, 2.24) is 0 Å². The Bertz CT molecular complexity index is 1480. The van der Waals surface area contributed by atoms with Gasteiger partial charge in [0.2, 0.25) is 0 Å². The van der Waals surface area contributed by atoms with Gasteiger partial charge in [-0.3, -0.25) is 22.7 Å². The largest absolute Gasteiger partial charge is 0.463 e. The molecule has 5 atom stereocenters. The minimum Gasteiger partial charge on any atom is -0.463 e. The zero-order chi connectivity index (χ0) is 31.2. The predicted octanol–water partition coefficient (Wildman–Crippen LogP) is 1.98. The number of hydrogen-bond acceptors (Lipinski definition) is 13. The Morgan fingerprint density at radius 1 is 0.643 bits per heavy atom. The lowest BCUT2D eigenvalue weighted by Crippen LogP contribution is -2.63. The molecule has 0 radical (unpaired) electrons. The van der Waals surface area contributed by atoms with Crippen LogP contribution in [0.4, 0.5) is 0 Å². The summed E-state index contributed by atoms with van der Waals surface area (Å²) in [6.45, 7) is 5.35. The van der Waals surface area contributed by atoms with Crippen LogP contribution in [0.5, 0.6) is 0 Å². The molecule has 0 aliphatic carbocycles. The lowest BCUT2D eigenvalue weighted by Gasteiger charge is -2.44. The maximum atomic E-state index is 13.2. The average molecular weight is 629 g/mol. The Morgan fingerprint density at radius 2 is 1.10 bits per heavy atom. The molecule has 1 unspecified atom stereocenters. The van der Waals surface area contributed by atoms with Crippen molar-refractivity contribution in [2.45, 2.75) is 74.9 Å². The van der Waals surface area contributed by atoms with E-state index in [1.54, 1.807) is 26.0 Å². The summed E-state index contributed by atoms with van der Waals surface area (Å²) in [5.41, 5.74) is 1.59. The first kappa shape index (κ1) is 33.1. The summed E-state index contributed by atoms with van der Waals surface area (Å²) < 4.78 is 84.5. The van der Waals surface area contributed by atoms with Gasteiger partial charge in [-0.25, -0.2) is 0 Å². The van der Waals surface area contributed by atoms with E-state index in [2.05, 4.69) is 0 Å². The molecule has 1 fully saturated rings. The molecule has 0 amide bonds. The maximum Gasteiger partial charge on any atom is 0.303 e. The van der Waals surface area contributed by atoms with Crippen LogP contribution in [-0.2, 0) is 61.9 Å². The van der Waals surface area contributed by atoms with Crippen molar-refractivity contribution in [3.8, 4) is 0 Å². The van der Waals surface area contributed by atoms with Crippen LogP contribution in [0.2, 0.25) is 0 Å². The molecule has 42 heavy (non-hydrogen) atoms. The third-order valence-electron chi connectivity index (χ3n) is 6.03. The Labute approximate surface area is 244 Å². The van der Waals surface area contributed by atoms with Crippen molar-refractivity contribution in [3.63, 3.8) is 0 Å². The third kappa shape index (κ3) is 8.82. The van der Waals surface area contributed by atoms with E-state index in [1.165, 1.54) is 36.4 Å². The molecule has 0 bridgehead atoms. The van der Waals surface area contributed by atoms with E-state index in [0.717, 1.165) is 31.9 Å². The molecule has 15 heteroatoms.